The van der Waals surface area contributed by atoms with Gasteiger partial charge in [0, 0.05) is 13.1 Å². The highest BCUT2D eigenvalue weighted by molar-refractivity contribution is 5.90. The van der Waals surface area contributed by atoms with Gasteiger partial charge in [0.1, 0.15) is 11.9 Å². The number of cyclic esters (lactones) is 1. The van der Waals surface area contributed by atoms with E-state index in [-0.39, 0.29) is 11.9 Å². The van der Waals surface area contributed by atoms with Gasteiger partial charge < -0.3 is 20.1 Å². The Morgan fingerprint density at radius 1 is 1.38 bits per heavy atom. The molecule has 9 nitrogen and oxygen atoms in total. The predicted molar refractivity (Wildman–Crippen MR) is 104 cm³/mol. The van der Waals surface area contributed by atoms with E-state index < -0.39 is 17.7 Å². The molecule has 3 amide bonds. The van der Waals surface area contributed by atoms with E-state index in [0.29, 0.717) is 57.1 Å². The second-order valence-corrected chi connectivity index (χ2v) is 7.72. The van der Waals surface area contributed by atoms with Crippen molar-refractivity contribution in [2.24, 2.45) is 5.73 Å². The maximum atomic E-state index is 14.6. The van der Waals surface area contributed by atoms with Gasteiger partial charge in [-0.3, -0.25) is 9.74 Å². The molecule has 2 aliphatic rings. The molecule has 0 saturated carbocycles. The van der Waals surface area contributed by atoms with Crippen molar-refractivity contribution in [3.8, 4) is 0 Å². The summed E-state index contributed by atoms with van der Waals surface area (Å²) in [6.07, 6.45) is 0.163. The molecule has 1 atom stereocenters. The molecule has 3 rings (SSSR count). The summed E-state index contributed by atoms with van der Waals surface area (Å²) in [7, 11) is 0. The third-order valence-corrected chi connectivity index (χ3v) is 4.97. The zero-order valence-corrected chi connectivity index (χ0v) is 16.7. The summed E-state index contributed by atoms with van der Waals surface area (Å²) in [5.74, 6) is -0.382. The van der Waals surface area contributed by atoms with Crippen molar-refractivity contribution in [1.82, 2.24) is 5.48 Å². The molecule has 0 radical (unpaired) electrons. The van der Waals surface area contributed by atoms with E-state index in [1.807, 2.05) is 4.90 Å². The topological polar surface area (TPSA) is 106 Å². The highest BCUT2D eigenvalue weighted by Gasteiger charge is 2.34. The smallest absolute Gasteiger partial charge is 0.414 e. The number of rotatable bonds is 7. The Bertz CT molecular complexity index is 754. The quantitative estimate of drug-likeness (QED) is 0.667. The van der Waals surface area contributed by atoms with E-state index in [2.05, 4.69) is 5.48 Å². The lowest BCUT2D eigenvalue weighted by Crippen LogP contribution is -2.39. The standard InChI is InChI=1S/C19H27FN4O5/c1-19(2,29-22-17(21)25)6-5-14-12-24(18(26)28-14)13-3-4-16(15(20)11-13)23-7-9-27-10-8-23/h3-4,11,14H,5-10,12H2,1-2H3,(H3,21,22,25). The molecular weight excluding hydrogens is 383 g/mol. The normalized spacial score (nSPS) is 20.0. The van der Waals surface area contributed by atoms with Crippen LogP contribution >= 0.6 is 0 Å². The molecule has 1 aromatic rings. The molecule has 0 aliphatic carbocycles. The molecule has 1 unspecified atom stereocenters. The van der Waals surface area contributed by atoms with E-state index in [0.717, 1.165) is 0 Å². The van der Waals surface area contributed by atoms with Crippen LogP contribution in [0.3, 0.4) is 0 Å². The highest BCUT2D eigenvalue weighted by Crippen LogP contribution is 2.30. The average Bonchev–Trinajstić information content (AvgIpc) is 3.06. The van der Waals surface area contributed by atoms with Crippen molar-refractivity contribution in [3.05, 3.63) is 24.0 Å². The number of hydrogen-bond acceptors (Lipinski definition) is 6. The average molecular weight is 410 g/mol. The van der Waals surface area contributed by atoms with E-state index in [1.165, 1.54) is 11.0 Å². The molecule has 29 heavy (non-hydrogen) atoms. The third-order valence-electron chi connectivity index (χ3n) is 4.97. The third kappa shape index (κ3) is 5.48. The minimum absolute atomic E-state index is 0.314. The van der Waals surface area contributed by atoms with E-state index in [4.69, 9.17) is 20.0 Å². The monoisotopic (exact) mass is 410 g/mol. The summed E-state index contributed by atoms with van der Waals surface area (Å²) >= 11 is 0. The second kappa shape index (κ2) is 8.83. The Hall–Kier alpha value is -2.59. The van der Waals surface area contributed by atoms with E-state index >= 15 is 0 Å². The number of nitrogens with one attached hydrogen (secondary N) is 1. The zero-order chi connectivity index (χ0) is 21.0. The van der Waals surface area contributed by atoms with Crippen LogP contribution in [-0.2, 0) is 14.3 Å². The lowest BCUT2D eigenvalue weighted by molar-refractivity contribution is -0.0731. The number of morpholine rings is 1. The van der Waals surface area contributed by atoms with Gasteiger partial charge in [-0.2, -0.15) is 0 Å². The van der Waals surface area contributed by atoms with Crippen LogP contribution in [0, 0.1) is 5.82 Å². The molecule has 2 aliphatic heterocycles. The fourth-order valence-electron chi connectivity index (χ4n) is 3.36. The molecule has 0 bridgehead atoms. The number of halogens is 1. The maximum Gasteiger partial charge on any atom is 0.414 e. The number of hydroxylamine groups is 1. The lowest BCUT2D eigenvalue weighted by Gasteiger charge is -2.29. The minimum atomic E-state index is -0.779. The van der Waals surface area contributed by atoms with Crippen LogP contribution in [0.5, 0.6) is 0 Å². The Morgan fingerprint density at radius 2 is 2.10 bits per heavy atom. The summed E-state index contributed by atoms with van der Waals surface area (Å²) in [5, 5.41) is 0. The largest absolute Gasteiger partial charge is 0.444 e. The van der Waals surface area contributed by atoms with Crippen molar-refractivity contribution in [3.63, 3.8) is 0 Å². The molecule has 2 fully saturated rings. The minimum Gasteiger partial charge on any atom is -0.444 e. The molecule has 160 valence electrons. The van der Waals surface area contributed by atoms with Crippen molar-refractivity contribution in [2.45, 2.75) is 38.4 Å². The van der Waals surface area contributed by atoms with Gasteiger partial charge in [0.15, 0.2) is 0 Å². The fourth-order valence-corrected chi connectivity index (χ4v) is 3.36. The van der Waals surface area contributed by atoms with Crippen molar-refractivity contribution in [1.29, 1.82) is 0 Å². The van der Waals surface area contributed by atoms with Gasteiger partial charge in [-0.15, -0.1) is 0 Å². The second-order valence-electron chi connectivity index (χ2n) is 7.72. The molecular formula is C19H27FN4O5. The zero-order valence-electron chi connectivity index (χ0n) is 16.7. The van der Waals surface area contributed by atoms with Crippen LogP contribution in [-0.4, -0.2) is 56.7 Å². The SMILES string of the molecule is CC(C)(CCC1CN(c2ccc(N3CCOCC3)c(F)c2)C(=O)O1)ONC(N)=O. The fraction of sp³-hybridized carbons (Fsp3) is 0.579. The molecule has 0 aromatic heterocycles. The number of carbonyl (C=O) groups excluding carboxylic acids is 2. The number of nitrogens with two attached hydrogens (primary N) is 1. The summed E-state index contributed by atoms with van der Waals surface area (Å²) in [5.41, 5.74) is 7.39. The van der Waals surface area contributed by atoms with Gasteiger partial charge in [0.2, 0.25) is 0 Å². The first-order valence-corrected chi connectivity index (χ1v) is 9.59. The number of nitrogens with zero attached hydrogens (tertiary/aromatic N) is 2. The van der Waals surface area contributed by atoms with Crippen LogP contribution in [0.15, 0.2) is 18.2 Å². The predicted octanol–water partition coefficient (Wildman–Crippen LogP) is 2.15. The van der Waals surface area contributed by atoms with Gasteiger partial charge in [-0.05, 0) is 44.9 Å². The number of primary amides is 1. The van der Waals surface area contributed by atoms with E-state index in [1.54, 1.807) is 26.0 Å². The molecule has 2 heterocycles. The number of benzene rings is 1. The number of carbonyl (C=O) groups is 2. The van der Waals surface area contributed by atoms with Gasteiger partial charge in [-0.1, -0.05) is 0 Å². The van der Waals surface area contributed by atoms with Crippen LogP contribution in [0.25, 0.3) is 0 Å². The van der Waals surface area contributed by atoms with Crippen LogP contribution in [0.4, 0.5) is 25.4 Å². The summed E-state index contributed by atoms with van der Waals surface area (Å²) < 4.78 is 25.3. The lowest BCUT2D eigenvalue weighted by atomic mass is 10.0. The molecule has 2 saturated heterocycles. The van der Waals surface area contributed by atoms with Crippen LogP contribution in [0.1, 0.15) is 26.7 Å². The number of hydrogen-bond donors (Lipinski definition) is 2. The number of amides is 3. The molecule has 10 heteroatoms. The Morgan fingerprint density at radius 3 is 2.76 bits per heavy atom. The highest BCUT2D eigenvalue weighted by atomic mass is 19.1. The first-order chi connectivity index (χ1) is 13.7. The van der Waals surface area contributed by atoms with Gasteiger partial charge in [0.05, 0.1) is 36.7 Å². The van der Waals surface area contributed by atoms with Gasteiger partial charge in [-0.25, -0.2) is 19.5 Å². The van der Waals surface area contributed by atoms with Crippen molar-refractivity contribution >= 4 is 23.5 Å². The summed E-state index contributed by atoms with van der Waals surface area (Å²) in [6.45, 7) is 6.29. The number of urea groups is 1. The number of ether oxygens (including phenoxy) is 2. The van der Waals surface area contributed by atoms with Crippen LogP contribution in [0.2, 0.25) is 0 Å². The number of anilines is 2. The van der Waals surface area contributed by atoms with Gasteiger partial charge >= 0.3 is 12.1 Å². The van der Waals surface area contributed by atoms with E-state index in [9.17, 15) is 14.0 Å². The maximum absolute atomic E-state index is 14.6. The Kier molecular flexibility index (Phi) is 6.43. The summed E-state index contributed by atoms with van der Waals surface area (Å²) in [4.78, 5) is 31.6. The first-order valence-electron chi connectivity index (χ1n) is 9.59. The van der Waals surface area contributed by atoms with Crippen molar-refractivity contribution < 1.29 is 28.3 Å². The first kappa shape index (κ1) is 21.1. The Balaban J connectivity index is 1.58. The molecule has 0 spiro atoms. The van der Waals surface area contributed by atoms with Crippen LogP contribution < -0.4 is 21.0 Å². The summed E-state index contributed by atoms with van der Waals surface area (Å²) in [6, 6.07) is 3.99. The van der Waals surface area contributed by atoms with Crippen molar-refractivity contribution in [2.75, 3.05) is 42.6 Å². The Labute approximate surface area is 168 Å². The molecule has 1 aromatic carbocycles. The molecule has 3 N–H and O–H groups in total. The van der Waals surface area contributed by atoms with Gasteiger partial charge in [0.25, 0.3) is 0 Å².